The fourth-order valence-corrected chi connectivity index (χ4v) is 2.65. The van der Waals surface area contributed by atoms with E-state index in [1.165, 1.54) is 30.3 Å². The quantitative estimate of drug-likeness (QED) is 0.907. The molecule has 1 unspecified atom stereocenters. The Balaban J connectivity index is 1.62. The van der Waals surface area contributed by atoms with Crippen molar-refractivity contribution in [2.24, 2.45) is 0 Å². The summed E-state index contributed by atoms with van der Waals surface area (Å²) in [4.78, 5) is 4.38. The summed E-state index contributed by atoms with van der Waals surface area (Å²) < 4.78 is 5.75. The number of benzene rings is 1. The maximum Gasteiger partial charge on any atom is 0.0722 e. The first kappa shape index (κ1) is 12.4. The molecule has 19 heavy (non-hydrogen) atoms. The molecule has 2 heterocycles. The minimum absolute atomic E-state index is 0.439. The molecule has 0 aliphatic carbocycles. The number of hydrogen-bond acceptors (Lipinski definition) is 3. The fraction of sp³-hybridized carbons (Fsp3) is 0.438. The lowest BCUT2D eigenvalue weighted by atomic mass is 10.1. The summed E-state index contributed by atoms with van der Waals surface area (Å²) in [6.45, 7) is 1.89. The van der Waals surface area contributed by atoms with Gasteiger partial charge in [-0.2, -0.15) is 0 Å². The predicted octanol–water partition coefficient (Wildman–Crippen LogP) is 3.61. The van der Waals surface area contributed by atoms with Crippen LogP contribution in [0.3, 0.4) is 0 Å². The number of aromatic nitrogens is 1. The van der Waals surface area contributed by atoms with E-state index in [2.05, 4.69) is 22.4 Å². The van der Waals surface area contributed by atoms with E-state index < -0.39 is 0 Å². The van der Waals surface area contributed by atoms with Gasteiger partial charge in [-0.1, -0.05) is 18.2 Å². The van der Waals surface area contributed by atoms with E-state index in [1.54, 1.807) is 0 Å². The van der Waals surface area contributed by atoms with Crippen LogP contribution in [0.5, 0.6) is 0 Å². The van der Waals surface area contributed by atoms with Crippen LogP contribution in [0, 0.1) is 0 Å². The zero-order valence-electron chi connectivity index (χ0n) is 11.1. The molecule has 3 nitrogen and oxygen atoms in total. The molecule has 2 aromatic rings. The molecule has 3 rings (SSSR count). The number of para-hydroxylation sites is 1. The van der Waals surface area contributed by atoms with Crippen LogP contribution >= 0.6 is 0 Å². The second kappa shape index (κ2) is 6.02. The highest BCUT2D eigenvalue weighted by atomic mass is 16.5. The number of ether oxygens (including phenoxy) is 1. The van der Waals surface area contributed by atoms with Crippen LogP contribution in [0.15, 0.2) is 36.5 Å². The summed E-state index contributed by atoms with van der Waals surface area (Å²) in [7, 11) is 0. The zero-order chi connectivity index (χ0) is 12.9. The van der Waals surface area contributed by atoms with Gasteiger partial charge in [-0.05, 0) is 37.8 Å². The van der Waals surface area contributed by atoms with Crippen LogP contribution < -0.4 is 5.32 Å². The molecule has 100 valence electrons. The van der Waals surface area contributed by atoms with Gasteiger partial charge >= 0.3 is 0 Å². The Labute approximate surface area is 114 Å². The van der Waals surface area contributed by atoms with Crippen LogP contribution in [0.2, 0.25) is 0 Å². The second-order valence-corrected chi connectivity index (χ2v) is 5.08. The van der Waals surface area contributed by atoms with Crippen molar-refractivity contribution in [3.8, 4) is 0 Å². The first-order chi connectivity index (χ1) is 9.43. The van der Waals surface area contributed by atoms with Crippen LogP contribution in [0.1, 0.15) is 25.7 Å². The third-order valence-electron chi connectivity index (χ3n) is 3.70. The Hall–Kier alpha value is -1.61. The van der Waals surface area contributed by atoms with Crippen LogP contribution in [-0.2, 0) is 4.74 Å². The lowest BCUT2D eigenvalue weighted by Gasteiger charge is -2.22. The molecule has 1 aromatic heterocycles. The first-order valence-electron chi connectivity index (χ1n) is 7.13. The number of hydrogen-bond donors (Lipinski definition) is 1. The SMILES string of the molecule is c1ccc2c(NCCC3CCCCO3)ccnc2c1. The average molecular weight is 256 g/mol. The molecule has 1 aliphatic rings. The molecule has 0 saturated carbocycles. The van der Waals surface area contributed by atoms with Gasteiger partial charge in [-0.25, -0.2) is 0 Å². The number of pyridine rings is 1. The van der Waals surface area contributed by atoms with Gasteiger partial charge in [0.05, 0.1) is 11.6 Å². The maximum absolute atomic E-state index is 5.75. The number of anilines is 1. The molecule has 0 spiro atoms. The van der Waals surface area contributed by atoms with Crippen LogP contribution in [0.4, 0.5) is 5.69 Å². The monoisotopic (exact) mass is 256 g/mol. The van der Waals surface area contributed by atoms with Gasteiger partial charge in [0.25, 0.3) is 0 Å². The summed E-state index contributed by atoms with van der Waals surface area (Å²) >= 11 is 0. The fourth-order valence-electron chi connectivity index (χ4n) is 2.65. The molecule has 0 bridgehead atoms. The largest absolute Gasteiger partial charge is 0.384 e. The summed E-state index contributed by atoms with van der Waals surface area (Å²) in [6.07, 6.45) is 7.12. The van der Waals surface area contributed by atoms with Gasteiger partial charge in [0.1, 0.15) is 0 Å². The van der Waals surface area contributed by atoms with Crippen molar-refractivity contribution in [2.45, 2.75) is 31.8 Å². The third kappa shape index (κ3) is 3.04. The Morgan fingerprint density at radius 3 is 3.05 bits per heavy atom. The highest BCUT2D eigenvalue weighted by Gasteiger charge is 2.13. The molecule has 0 radical (unpaired) electrons. The van der Waals surface area contributed by atoms with Crippen molar-refractivity contribution in [1.82, 2.24) is 4.98 Å². The van der Waals surface area contributed by atoms with Gasteiger partial charge in [0.15, 0.2) is 0 Å². The second-order valence-electron chi connectivity index (χ2n) is 5.08. The minimum Gasteiger partial charge on any atom is -0.384 e. The van der Waals surface area contributed by atoms with Gasteiger partial charge in [-0.3, -0.25) is 4.98 Å². The lowest BCUT2D eigenvalue weighted by Crippen LogP contribution is -2.22. The summed E-state index contributed by atoms with van der Waals surface area (Å²) in [5.74, 6) is 0. The smallest absolute Gasteiger partial charge is 0.0722 e. The van der Waals surface area contributed by atoms with Crippen molar-refractivity contribution in [3.05, 3.63) is 36.5 Å². The minimum atomic E-state index is 0.439. The molecule has 1 aliphatic heterocycles. The van der Waals surface area contributed by atoms with E-state index in [1.807, 2.05) is 24.4 Å². The van der Waals surface area contributed by atoms with Crippen molar-refractivity contribution < 1.29 is 4.74 Å². The van der Waals surface area contributed by atoms with E-state index in [-0.39, 0.29) is 0 Å². The normalized spacial score (nSPS) is 19.5. The molecule has 1 aromatic carbocycles. The average Bonchev–Trinajstić information content (AvgIpc) is 2.49. The topological polar surface area (TPSA) is 34.1 Å². The van der Waals surface area contributed by atoms with Crippen molar-refractivity contribution in [2.75, 3.05) is 18.5 Å². The highest BCUT2D eigenvalue weighted by molar-refractivity contribution is 5.90. The molecular weight excluding hydrogens is 236 g/mol. The first-order valence-corrected chi connectivity index (χ1v) is 7.13. The molecular formula is C16H20N2O. The summed E-state index contributed by atoms with van der Waals surface area (Å²) in [5.41, 5.74) is 2.21. The van der Waals surface area contributed by atoms with E-state index in [0.29, 0.717) is 6.10 Å². The highest BCUT2D eigenvalue weighted by Crippen LogP contribution is 2.21. The Morgan fingerprint density at radius 2 is 2.16 bits per heavy atom. The molecule has 1 fully saturated rings. The molecule has 1 atom stereocenters. The molecule has 0 amide bonds. The van der Waals surface area contributed by atoms with Gasteiger partial charge < -0.3 is 10.1 Å². The third-order valence-corrected chi connectivity index (χ3v) is 3.70. The molecule has 1 N–H and O–H groups in total. The van der Waals surface area contributed by atoms with Crippen molar-refractivity contribution in [3.63, 3.8) is 0 Å². The van der Waals surface area contributed by atoms with E-state index in [0.717, 1.165) is 25.1 Å². The predicted molar refractivity (Wildman–Crippen MR) is 78.4 cm³/mol. The van der Waals surface area contributed by atoms with Crippen LogP contribution in [0.25, 0.3) is 10.9 Å². The molecule has 1 saturated heterocycles. The Bertz CT molecular complexity index is 530. The Morgan fingerprint density at radius 1 is 1.21 bits per heavy atom. The molecule has 3 heteroatoms. The lowest BCUT2D eigenvalue weighted by molar-refractivity contribution is 0.0134. The van der Waals surface area contributed by atoms with E-state index >= 15 is 0 Å². The summed E-state index contributed by atoms with van der Waals surface area (Å²) in [5, 5.41) is 4.70. The standard InChI is InChI=1S/C16H20N2O/c1-2-7-15-14(6-1)16(9-11-18-15)17-10-8-13-5-3-4-12-19-13/h1-2,6-7,9,11,13H,3-5,8,10,12H2,(H,17,18). The zero-order valence-corrected chi connectivity index (χ0v) is 11.1. The van der Waals surface area contributed by atoms with Crippen LogP contribution in [-0.4, -0.2) is 24.2 Å². The van der Waals surface area contributed by atoms with E-state index in [9.17, 15) is 0 Å². The van der Waals surface area contributed by atoms with Crippen molar-refractivity contribution in [1.29, 1.82) is 0 Å². The maximum atomic E-state index is 5.75. The number of nitrogens with one attached hydrogen (secondary N) is 1. The van der Waals surface area contributed by atoms with Gasteiger partial charge in [0.2, 0.25) is 0 Å². The summed E-state index contributed by atoms with van der Waals surface area (Å²) in [6, 6.07) is 10.3. The number of nitrogens with zero attached hydrogens (tertiary/aromatic N) is 1. The number of fused-ring (bicyclic) bond motifs is 1. The van der Waals surface area contributed by atoms with Crippen molar-refractivity contribution >= 4 is 16.6 Å². The van der Waals surface area contributed by atoms with Gasteiger partial charge in [0, 0.05) is 30.4 Å². The van der Waals surface area contributed by atoms with Gasteiger partial charge in [-0.15, -0.1) is 0 Å². The van der Waals surface area contributed by atoms with E-state index in [4.69, 9.17) is 4.74 Å². The number of rotatable bonds is 4. The Kier molecular flexibility index (Phi) is 3.94.